The fourth-order valence-electron chi connectivity index (χ4n) is 2.12. The predicted octanol–water partition coefficient (Wildman–Crippen LogP) is 0.937. The summed E-state index contributed by atoms with van der Waals surface area (Å²) in [6.45, 7) is 2.02. The maximum absolute atomic E-state index is 5.28. The van der Waals surface area contributed by atoms with Gasteiger partial charge in [-0.1, -0.05) is 5.16 Å². The van der Waals surface area contributed by atoms with E-state index >= 15 is 0 Å². The second kappa shape index (κ2) is 4.29. The Kier molecular flexibility index (Phi) is 2.64. The van der Waals surface area contributed by atoms with Gasteiger partial charge in [-0.3, -0.25) is 4.68 Å². The van der Waals surface area contributed by atoms with Crippen LogP contribution < -0.4 is 5.32 Å². The maximum Gasteiger partial charge on any atom is 0.261 e. The van der Waals surface area contributed by atoms with Crippen molar-refractivity contribution in [2.24, 2.45) is 7.05 Å². The molecule has 90 valence electrons. The summed E-state index contributed by atoms with van der Waals surface area (Å²) >= 11 is 0. The van der Waals surface area contributed by atoms with Gasteiger partial charge in [-0.15, -0.1) is 0 Å². The smallest absolute Gasteiger partial charge is 0.261 e. The molecule has 2 aromatic rings. The number of piperidine rings is 1. The second-order valence-electron chi connectivity index (χ2n) is 4.40. The molecule has 0 aliphatic carbocycles. The molecular weight excluding hydrogens is 218 g/mol. The van der Waals surface area contributed by atoms with Crippen molar-refractivity contribution >= 4 is 0 Å². The van der Waals surface area contributed by atoms with E-state index in [1.165, 1.54) is 6.42 Å². The summed E-state index contributed by atoms with van der Waals surface area (Å²) < 4.78 is 7.00. The van der Waals surface area contributed by atoms with E-state index in [4.69, 9.17) is 4.52 Å². The number of hydrogen-bond donors (Lipinski definition) is 1. The van der Waals surface area contributed by atoms with Crippen molar-refractivity contribution in [1.29, 1.82) is 0 Å². The Labute approximate surface area is 99.0 Å². The zero-order chi connectivity index (χ0) is 11.7. The topological polar surface area (TPSA) is 68.8 Å². The van der Waals surface area contributed by atoms with Crippen LogP contribution in [0.4, 0.5) is 0 Å². The van der Waals surface area contributed by atoms with Crippen molar-refractivity contribution in [1.82, 2.24) is 25.2 Å². The molecule has 1 fully saturated rings. The van der Waals surface area contributed by atoms with Gasteiger partial charge in [0.15, 0.2) is 5.82 Å². The highest BCUT2D eigenvalue weighted by Gasteiger charge is 2.21. The number of hydrogen-bond acceptors (Lipinski definition) is 5. The fraction of sp³-hybridized carbons (Fsp3) is 0.545. The van der Waals surface area contributed by atoms with Crippen LogP contribution in [0.5, 0.6) is 0 Å². The quantitative estimate of drug-likeness (QED) is 0.836. The Hall–Kier alpha value is -1.69. The van der Waals surface area contributed by atoms with Gasteiger partial charge in [0.05, 0.1) is 11.8 Å². The first-order chi connectivity index (χ1) is 8.33. The van der Waals surface area contributed by atoms with Crippen LogP contribution in [0.2, 0.25) is 0 Å². The van der Waals surface area contributed by atoms with Crippen LogP contribution in [0.25, 0.3) is 11.5 Å². The lowest BCUT2D eigenvalue weighted by Crippen LogP contribution is -2.28. The molecule has 0 aromatic carbocycles. The summed E-state index contributed by atoms with van der Waals surface area (Å²) in [5.41, 5.74) is 0.870. The van der Waals surface area contributed by atoms with E-state index in [-0.39, 0.29) is 0 Å². The monoisotopic (exact) mass is 233 g/mol. The Morgan fingerprint density at radius 1 is 1.53 bits per heavy atom. The molecule has 1 aliphatic heterocycles. The zero-order valence-corrected chi connectivity index (χ0v) is 9.76. The molecule has 0 spiro atoms. The van der Waals surface area contributed by atoms with Gasteiger partial charge in [0.25, 0.3) is 5.89 Å². The van der Waals surface area contributed by atoms with E-state index in [9.17, 15) is 0 Å². The van der Waals surface area contributed by atoms with E-state index in [0.717, 1.165) is 30.9 Å². The molecule has 17 heavy (non-hydrogen) atoms. The molecule has 2 aromatic heterocycles. The van der Waals surface area contributed by atoms with Gasteiger partial charge in [-0.25, -0.2) is 0 Å². The molecule has 0 bridgehead atoms. The Morgan fingerprint density at radius 3 is 3.18 bits per heavy atom. The van der Waals surface area contributed by atoms with Crippen molar-refractivity contribution < 1.29 is 4.52 Å². The third-order valence-corrected chi connectivity index (χ3v) is 3.06. The van der Waals surface area contributed by atoms with Crippen LogP contribution in [-0.4, -0.2) is 33.0 Å². The highest BCUT2D eigenvalue weighted by Crippen LogP contribution is 2.23. The Morgan fingerprint density at radius 2 is 2.47 bits per heavy atom. The molecule has 3 heterocycles. The van der Waals surface area contributed by atoms with Crippen molar-refractivity contribution in [3.8, 4) is 11.5 Å². The standard InChI is InChI=1S/C11H15N5O/c1-16-7-9(6-13-16)11-14-10(15-17-11)8-3-2-4-12-5-8/h6-8,12H,2-5H2,1H3. The van der Waals surface area contributed by atoms with Gasteiger partial charge in [0, 0.05) is 25.7 Å². The highest BCUT2D eigenvalue weighted by molar-refractivity contribution is 5.49. The minimum atomic E-state index is 0.373. The summed E-state index contributed by atoms with van der Waals surface area (Å²) in [4.78, 5) is 4.45. The van der Waals surface area contributed by atoms with Crippen molar-refractivity contribution in [2.75, 3.05) is 13.1 Å². The van der Waals surface area contributed by atoms with Crippen LogP contribution in [0.3, 0.4) is 0 Å². The number of rotatable bonds is 2. The minimum absolute atomic E-state index is 0.373. The lowest BCUT2D eigenvalue weighted by molar-refractivity contribution is 0.393. The predicted molar refractivity (Wildman–Crippen MR) is 61.3 cm³/mol. The zero-order valence-electron chi connectivity index (χ0n) is 9.76. The second-order valence-corrected chi connectivity index (χ2v) is 4.40. The first-order valence-electron chi connectivity index (χ1n) is 5.86. The fourth-order valence-corrected chi connectivity index (χ4v) is 2.12. The average molecular weight is 233 g/mol. The molecule has 6 heteroatoms. The van der Waals surface area contributed by atoms with Gasteiger partial charge in [-0.2, -0.15) is 10.1 Å². The number of nitrogens with zero attached hydrogens (tertiary/aromatic N) is 4. The maximum atomic E-state index is 5.28. The molecule has 1 saturated heterocycles. The van der Waals surface area contributed by atoms with Crippen molar-refractivity contribution in [3.05, 3.63) is 18.2 Å². The summed E-state index contributed by atoms with van der Waals surface area (Å²) in [6, 6.07) is 0. The van der Waals surface area contributed by atoms with Crippen LogP contribution >= 0.6 is 0 Å². The van der Waals surface area contributed by atoms with Crippen LogP contribution in [0.1, 0.15) is 24.6 Å². The molecule has 1 N–H and O–H groups in total. The summed E-state index contributed by atoms with van der Waals surface area (Å²) in [6.07, 6.45) is 5.90. The summed E-state index contributed by atoms with van der Waals surface area (Å²) in [5.74, 6) is 1.73. The summed E-state index contributed by atoms with van der Waals surface area (Å²) in [7, 11) is 1.87. The van der Waals surface area contributed by atoms with Gasteiger partial charge in [0.1, 0.15) is 0 Å². The van der Waals surface area contributed by atoms with Gasteiger partial charge < -0.3 is 9.84 Å². The molecule has 0 radical (unpaired) electrons. The third-order valence-electron chi connectivity index (χ3n) is 3.06. The summed E-state index contributed by atoms with van der Waals surface area (Å²) in [5, 5.41) is 11.5. The molecule has 0 amide bonds. The number of aryl methyl sites for hydroxylation is 1. The van der Waals surface area contributed by atoms with Gasteiger partial charge in [0.2, 0.25) is 0 Å². The largest absolute Gasteiger partial charge is 0.334 e. The number of nitrogens with one attached hydrogen (secondary N) is 1. The van der Waals surface area contributed by atoms with Crippen LogP contribution in [0.15, 0.2) is 16.9 Å². The minimum Gasteiger partial charge on any atom is -0.334 e. The van der Waals surface area contributed by atoms with Crippen molar-refractivity contribution in [2.45, 2.75) is 18.8 Å². The number of aromatic nitrogens is 4. The first-order valence-corrected chi connectivity index (χ1v) is 5.86. The average Bonchev–Trinajstić information content (AvgIpc) is 2.98. The van der Waals surface area contributed by atoms with Crippen LogP contribution in [-0.2, 0) is 7.05 Å². The molecule has 3 rings (SSSR count). The SMILES string of the molecule is Cn1cc(-c2nc(C3CCCNC3)no2)cn1. The lowest BCUT2D eigenvalue weighted by Gasteiger charge is -2.19. The molecular formula is C11H15N5O. The van der Waals surface area contributed by atoms with E-state index in [0.29, 0.717) is 11.8 Å². The molecule has 1 atom stereocenters. The van der Waals surface area contributed by atoms with Gasteiger partial charge in [-0.05, 0) is 19.4 Å². The van der Waals surface area contributed by atoms with E-state index < -0.39 is 0 Å². The lowest BCUT2D eigenvalue weighted by atomic mass is 9.99. The Bertz CT molecular complexity index is 497. The van der Waals surface area contributed by atoms with E-state index in [1.54, 1.807) is 10.9 Å². The molecule has 1 aliphatic rings. The van der Waals surface area contributed by atoms with Gasteiger partial charge >= 0.3 is 0 Å². The van der Waals surface area contributed by atoms with E-state index in [1.807, 2.05) is 13.2 Å². The normalized spacial score (nSPS) is 20.6. The van der Waals surface area contributed by atoms with Crippen LogP contribution in [0, 0.1) is 0 Å². The molecule has 6 nitrogen and oxygen atoms in total. The first kappa shape index (κ1) is 10.5. The molecule has 1 unspecified atom stereocenters. The van der Waals surface area contributed by atoms with Crippen molar-refractivity contribution in [3.63, 3.8) is 0 Å². The van der Waals surface area contributed by atoms with E-state index in [2.05, 4.69) is 20.6 Å². The Balaban J connectivity index is 1.82. The third kappa shape index (κ3) is 2.08. The highest BCUT2D eigenvalue weighted by atomic mass is 16.5. The molecule has 0 saturated carbocycles.